The molecule has 2 N–H and O–H groups in total. The van der Waals surface area contributed by atoms with Gasteiger partial charge in [0.15, 0.2) is 5.82 Å². The summed E-state index contributed by atoms with van der Waals surface area (Å²) in [5.41, 5.74) is 10.9. The van der Waals surface area contributed by atoms with Crippen molar-refractivity contribution in [3.63, 3.8) is 0 Å². The number of aromatic nitrogens is 4. The van der Waals surface area contributed by atoms with Crippen molar-refractivity contribution in [1.29, 1.82) is 0 Å². The molecule has 0 spiro atoms. The first-order valence-electron chi connectivity index (χ1n) is 8.78. The van der Waals surface area contributed by atoms with Crippen molar-refractivity contribution in [2.45, 2.75) is 46.0 Å². The Hall–Kier alpha value is -2.96. The fourth-order valence-electron chi connectivity index (χ4n) is 3.55. The van der Waals surface area contributed by atoms with E-state index in [1.807, 2.05) is 18.5 Å². The van der Waals surface area contributed by atoms with Crippen LogP contribution in [0.5, 0.6) is 0 Å². The van der Waals surface area contributed by atoms with Crippen LogP contribution in [0.25, 0.3) is 5.69 Å². The van der Waals surface area contributed by atoms with Gasteiger partial charge in [0.1, 0.15) is 11.6 Å². The number of primary amides is 1. The molecule has 0 saturated carbocycles. The molecule has 3 aromatic rings. The van der Waals surface area contributed by atoms with Crippen molar-refractivity contribution < 1.29 is 9.32 Å². The molecule has 26 heavy (non-hydrogen) atoms. The molecular weight excluding hydrogens is 330 g/mol. The van der Waals surface area contributed by atoms with Gasteiger partial charge in [0.25, 0.3) is 0 Å². The van der Waals surface area contributed by atoms with Crippen LogP contribution in [-0.2, 0) is 30.5 Å². The summed E-state index contributed by atoms with van der Waals surface area (Å²) in [6.45, 7) is 3.79. The zero-order chi connectivity index (χ0) is 18.3. The maximum Gasteiger partial charge on any atom is 0.225 e. The van der Waals surface area contributed by atoms with Gasteiger partial charge in [0.2, 0.25) is 5.91 Å². The second kappa shape index (κ2) is 6.40. The van der Waals surface area contributed by atoms with Gasteiger partial charge in [-0.05, 0) is 56.4 Å². The summed E-state index contributed by atoms with van der Waals surface area (Å²) in [5, 5.41) is 8.55. The third-order valence-electron chi connectivity index (χ3n) is 4.89. The Balaban J connectivity index is 1.77. The van der Waals surface area contributed by atoms with Gasteiger partial charge in [0.05, 0.1) is 17.8 Å². The van der Waals surface area contributed by atoms with Crippen molar-refractivity contribution >= 4 is 5.91 Å². The molecule has 2 aromatic heterocycles. The number of aryl methyl sites for hydroxylation is 4. The normalized spacial score (nSPS) is 13.2. The first-order chi connectivity index (χ1) is 12.5. The summed E-state index contributed by atoms with van der Waals surface area (Å²) in [6, 6.07) is 6.39. The monoisotopic (exact) mass is 351 g/mol. The molecule has 0 fully saturated rings. The van der Waals surface area contributed by atoms with E-state index in [4.69, 9.17) is 10.3 Å². The van der Waals surface area contributed by atoms with E-state index >= 15 is 0 Å². The number of fused-ring (bicyclic) bond motifs is 1. The molecule has 1 aliphatic carbocycles. The van der Waals surface area contributed by atoms with Gasteiger partial charge in [0, 0.05) is 12.0 Å². The van der Waals surface area contributed by atoms with Crippen LogP contribution in [0.1, 0.15) is 46.2 Å². The van der Waals surface area contributed by atoms with E-state index < -0.39 is 5.91 Å². The number of carbonyl (C=O) groups excluding carboxylic acids is 1. The molecule has 0 saturated heterocycles. The summed E-state index contributed by atoms with van der Waals surface area (Å²) in [7, 11) is 0. The number of carbonyl (C=O) groups is 1. The third kappa shape index (κ3) is 3.00. The summed E-state index contributed by atoms with van der Waals surface area (Å²) < 4.78 is 7.07. The number of hydrogen-bond acceptors (Lipinski definition) is 5. The Morgan fingerprint density at radius 2 is 2.08 bits per heavy atom. The smallest absolute Gasteiger partial charge is 0.225 e. The quantitative estimate of drug-likeness (QED) is 0.757. The van der Waals surface area contributed by atoms with Crippen molar-refractivity contribution in [2.75, 3.05) is 0 Å². The second-order valence-electron chi connectivity index (χ2n) is 6.79. The fraction of sp³-hybridized carbons (Fsp3) is 0.368. The molecule has 0 bridgehead atoms. The largest absolute Gasteiger partial charge is 0.369 e. The lowest BCUT2D eigenvalue weighted by Crippen LogP contribution is -2.14. The van der Waals surface area contributed by atoms with E-state index in [0.29, 0.717) is 12.2 Å². The molecule has 0 radical (unpaired) electrons. The molecular formula is C19H21N5O2. The van der Waals surface area contributed by atoms with Crippen LogP contribution in [-0.4, -0.2) is 25.8 Å². The fourth-order valence-corrected chi connectivity index (χ4v) is 3.55. The molecule has 4 rings (SSSR count). The minimum Gasteiger partial charge on any atom is -0.369 e. The highest BCUT2D eigenvalue weighted by molar-refractivity contribution is 5.75. The van der Waals surface area contributed by atoms with Gasteiger partial charge in [-0.3, -0.25) is 4.79 Å². The Labute approximate surface area is 151 Å². The zero-order valence-corrected chi connectivity index (χ0v) is 15.0. The maximum atomic E-state index is 11.3. The van der Waals surface area contributed by atoms with Crippen molar-refractivity contribution in [2.24, 2.45) is 5.73 Å². The Morgan fingerprint density at radius 3 is 2.81 bits per heavy atom. The summed E-state index contributed by atoms with van der Waals surface area (Å²) in [5.74, 6) is 1.50. The topological polar surface area (TPSA) is 99.8 Å². The molecule has 0 unspecified atom stereocenters. The first-order valence-corrected chi connectivity index (χ1v) is 8.78. The summed E-state index contributed by atoms with van der Waals surface area (Å²) in [4.78, 5) is 15.9. The van der Waals surface area contributed by atoms with Crippen LogP contribution < -0.4 is 5.73 Å². The molecule has 1 aliphatic rings. The van der Waals surface area contributed by atoms with Gasteiger partial charge in [-0.25, -0.2) is 9.67 Å². The molecule has 7 nitrogen and oxygen atoms in total. The first kappa shape index (κ1) is 16.5. The highest BCUT2D eigenvalue weighted by atomic mass is 16.5. The second-order valence-corrected chi connectivity index (χ2v) is 6.79. The molecule has 134 valence electrons. The predicted octanol–water partition coefficient (Wildman–Crippen LogP) is 1.98. The SMILES string of the molecule is Cc1noc(C)c1Cc1nc(CC(N)=O)nn1-c1ccc2c(c1)CCC2. The zero-order valence-electron chi connectivity index (χ0n) is 15.0. The molecule has 7 heteroatoms. The minimum absolute atomic E-state index is 0.0204. The average Bonchev–Trinajstić information content (AvgIpc) is 3.29. The molecule has 1 aromatic carbocycles. The summed E-state index contributed by atoms with van der Waals surface area (Å²) in [6.07, 6.45) is 3.96. The van der Waals surface area contributed by atoms with E-state index in [1.54, 1.807) is 0 Å². The van der Waals surface area contributed by atoms with Crippen molar-refractivity contribution in [3.8, 4) is 5.69 Å². The number of benzene rings is 1. The van der Waals surface area contributed by atoms with E-state index in [0.717, 1.165) is 41.4 Å². The summed E-state index contributed by atoms with van der Waals surface area (Å²) >= 11 is 0. The molecule has 2 heterocycles. The van der Waals surface area contributed by atoms with Gasteiger partial charge in [-0.2, -0.15) is 5.10 Å². The number of nitrogens with two attached hydrogens (primary N) is 1. The Kier molecular flexibility index (Phi) is 4.06. The highest BCUT2D eigenvalue weighted by Gasteiger charge is 2.19. The van der Waals surface area contributed by atoms with E-state index in [-0.39, 0.29) is 6.42 Å². The Bertz CT molecular complexity index is 966. The van der Waals surface area contributed by atoms with Gasteiger partial charge < -0.3 is 10.3 Å². The van der Waals surface area contributed by atoms with E-state index in [1.165, 1.54) is 17.5 Å². The number of amides is 1. The standard InChI is InChI=1S/C19H21N5O2/c1-11-16(12(2)26-23-11)9-19-21-18(10-17(20)25)22-24(19)15-7-6-13-4-3-5-14(13)8-15/h6-8H,3-5,9-10H2,1-2H3,(H2,20,25). The number of hydrogen-bond donors (Lipinski definition) is 1. The van der Waals surface area contributed by atoms with Crippen LogP contribution >= 0.6 is 0 Å². The third-order valence-corrected chi connectivity index (χ3v) is 4.89. The van der Waals surface area contributed by atoms with Crippen LogP contribution in [0.15, 0.2) is 22.7 Å². The number of rotatable bonds is 5. The number of nitrogens with zero attached hydrogens (tertiary/aromatic N) is 4. The van der Waals surface area contributed by atoms with Crippen molar-refractivity contribution in [3.05, 3.63) is 58.0 Å². The predicted molar refractivity (Wildman–Crippen MR) is 95.1 cm³/mol. The average molecular weight is 351 g/mol. The van der Waals surface area contributed by atoms with Gasteiger partial charge in [-0.15, -0.1) is 0 Å². The molecule has 0 atom stereocenters. The highest BCUT2D eigenvalue weighted by Crippen LogP contribution is 2.25. The van der Waals surface area contributed by atoms with Gasteiger partial charge in [-0.1, -0.05) is 11.2 Å². The van der Waals surface area contributed by atoms with E-state index in [2.05, 4.69) is 33.4 Å². The molecule has 0 aliphatic heterocycles. The maximum absolute atomic E-state index is 11.3. The lowest BCUT2D eigenvalue weighted by molar-refractivity contribution is -0.117. The van der Waals surface area contributed by atoms with Crippen LogP contribution in [0, 0.1) is 13.8 Å². The lowest BCUT2D eigenvalue weighted by atomic mass is 10.1. The van der Waals surface area contributed by atoms with Crippen LogP contribution in [0.4, 0.5) is 0 Å². The van der Waals surface area contributed by atoms with Gasteiger partial charge >= 0.3 is 0 Å². The van der Waals surface area contributed by atoms with Crippen LogP contribution in [0.3, 0.4) is 0 Å². The minimum atomic E-state index is -0.444. The van der Waals surface area contributed by atoms with E-state index in [9.17, 15) is 4.79 Å². The van der Waals surface area contributed by atoms with Crippen molar-refractivity contribution in [1.82, 2.24) is 19.9 Å². The lowest BCUT2D eigenvalue weighted by Gasteiger charge is -2.08. The van der Waals surface area contributed by atoms with Crippen LogP contribution in [0.2, 0.25) is 0 Å². The Morgan fingerprint density at radius 1 is 1.27 bits per heavy atom. The molecule has 1 amide bonds.